The maximum absolute atomic E-state index is 13.0. The third-order valence-corrected chi connectivity index (χ3v) is 5.79. The van der Waals surface area contributed by atoms with E-state index in [2.05, 4.69) is 21.0 Å². The van der Waals surface area contributed by atoms with Gasteiger partial charge in [-0.1, -0.05) is 18.2 Å². The number of carbonyl (C=O) groups is 1. The summed E-state index contributed by atoms with van der Waals surface area (Å²) in [6.45, 7) is 2.76. The number of aromatic nitrogens is 3. The predicted octanol–water partition coefficient (Wildman–Crippen LogP) is 3.14. The fourth-order valence-electron chi connectivity index (χ4n) is 4.19. The van der Waals surface area contributed by atoms with Crippen molar-refractivity contribution in [3.63, 3.8) is 0 Å². The Morgan fingerprint density at radius 1 is 1.23 bits per heavy atom. The van der Waals surface area contributed by atoms with Gasteiger partial charge in [0.2, 0.25) is 0 Å². The minimum atomic E-state index is -0.565. The number of nitrogens with one attached hydrogen (secondary N) is 2. The highest BCUT2D eigenvalue weighted by Gasteiger charge is 2.27. The Bertz CT molecular complexity index is 1300. The molecule has 4 heterocycles. The third kappa shape index (κ3) is 3.22. The lowest BCUT2D eigenvalue weighted by atomic mass is 10.0. The van der Waals surface area contributed by atoms with Crippen LogP contribution in [-0.4, -0.2) is 32.3 Å². The number of rotatable bonds is 4. The smallest absolute Gasteiger partial charge is 0.349 e. The van der Waals surface area contributed by atoms with Crippen molar-refractivity contribution in [2.24, 2.45) is 0 Å². The second-order valence-corrected chi connectivity index (χ2v) is 7.72. The Morgan fingerprint density at radius 2 is 2.10 bits per heavy atom. The zero-order valence-corrected chi connectivity index (χ0v) is 16.7. The van der Waals surface area contributed by atoms with Gasteiger partial charge in [-0.3, -0.25) is 4.79 Å². The number of aromatic amines is 2. The third-order valence-electron chi connectivity index (χ3n) is 5.79. The van der Waals surface area contributed by atoms with Crippen LogP contribution in [0.3, 0.4) is 0 Å². The second kappa shape index (κ2) is 7.33. The lowest BCUT2D eigenvalue weighted by molar-refractivity contribution is 0.0726. The summed E-state index contributed by atoms with van der Waals surface area (Å²) >= 11 is 0. The van der Waals surface area contributed by atoms with Crippen molar-refractivity contribution in [1.82, 2.24) is 19.9 Å². The fraction of sp³-hybridized carbons (Fsp3) is 0.261. The van der Waals surface area contributed by atoms with Gasteiger partial charge in [-0.2, -0.15) is 0 Å². The molecule has 0 bridgehead atoms. The number of hydrogen-bond acceptors (Lipinski definition) is 4. The highest BCUT2D eigenvalue weighted by atomic mass is 16.4. The lowest BCUT2D eigenvalue weighted by Crippen LogP contribution is -2.38. The van der Waals surface area contributed by atoms with Gasteiger partial charge in [0.15, 0.2) is 0 Å². The van der Waals surface area contributed by atoms with Gasteiger partial charge in [0.25, 0.3) is 5.91 Å². The van der Waals surface area contributed by atoms with Crippen LogP contribution in [0.25, 0.3) is 10.9 Å². The van der Waals surface area contributed by atoms with Gasteiger partial charge in [-0.05, 0) is 36.6 Å². The number of H-pyrrole nitrogens is 2. The molecule has 0 fully saturated rings. The van der Waals surface area contributed by atoms with E-state index in [1.807, 2.05) is 30.5 Å². The van der Waals surface area contributed by atoms with E-state index in [0.29, 0.717) is 37.3 Å². The molecule has 0 aliphatic carbocycles. The lowest BCUT2D eigenvalue weighted by Gasteiger charge is -2.26. The highest BCUT2D eigenvalue weighted by Crippen LogP contribution is 2.21. The van der Waals surface area contributed by atoms with E-state index < -0.39 is 5.63 Å². The normalized spacial score (nSPS) is 13.6. The van der Waals surface area contributed by atoms with Gasteiger partial charge < -0.3 is 19.3 Å². The van der Waals surface area contributed by atoms with Crippen LogP contribution in [0.2, 0.25) is 0 Å². The molecule has 7 nitrogen and oxygen atoms in total. The quantitative estimate of drug-likeness (QED) is 0.548. The van der Waals surface area contributed by atoms with Crippen molar-refractivity contribution in [2.75, 3.05) is 6.54 Å². The Hall–Kier alpha value is -3.61. The molecular weight excluding hydrogens is 380 g/mol. The van der Waals surface area contributed by atoms with Crippen LogP contribution in [0.4, 0.5) is 0 Å². The van der Waals surface area contributed by atoms with E-state index in [4.69, 9.17) is 4.42 Å². The Kier molecular flexibility index (Phi) is 4.50. The summed E-state index contributed by atoms with van der Waals surface area (Å²) in [5, 5.41) is 1.17. The summed E-state index contributed by atoms with van der Waals surface area (Å²) in [6, 6.07) is 9.94. The first-order chi connectivity index (χ1) is 14.6. The standard InChI is InChI=1S/C23H22N4O3/c1-14-10-16(7-6-15-11-24-18-5-3-2-4-17(15)18)30-23(29)21(14)22(28)27-9-8-19-20(12-27)26-13-25-19/h2-5,10-11,13,24H,6-9,12H2,1H3,(H,25,26). The van der Waals surface area contributed by atoms with Crippen LogP contribution in [0, 0.1) is 6.92 Å². The van der Waals surface area contributed by atoms with Crippen LogP contribution < -0.4 is 5.63 Å². The number of fused-ring (bicyclic) bond motifs is 2. The van der Waals surface area contributed by atoms with Crippen LogP contribution in [-0.2, 0) is 25.8 Å². The summed E-state index contributed by atoms with van der Waals surface area (Å²) in [4.78, 5) is 37.9. The molecule has 0 saturated heterocycles. The topological polar surface area (TPSA) is 95.0 Å². The first-order valence-corrected chi connectivity index (χ1v) is 10.1. The monoisotopic (exact) mass is 402 g/mol. The average Bonchev–Trinajstić information content (AvgIpc) is 3.38. The molecule has 0 unspecified atom stereocenters. The number of imidazole rings is 1. The summed E-state index contributed by atoms with van der Waals surface area (Å²) in [7, 11) is 0. The molecule has 5 rings (SSSR count). The van der Waals surface area contributed by atoms with E-state index in [0.717, 1.165) is 23.3 Å². The number of benzene rings is 1. The maximum Gasteiger partial charge on any atom is 0.349 e. The molecule has 4 aromatic rings. The largest absolute Gasteiger partial charge is 0.427 e. The minimum Gasteiger partial charge on any atom is -0.427 e. The van der Waals surface area contributed by atoms with Crippen LogP contribution >= 0.6 is 0 Å². The number of para-hydroxylation sites is 1. The first kappa shape index (κ1) is 18.4. The molecule has 30 heavy (non-hydrogen) atoms. The van der Waals surface area contributed by atoms with E-state index in [1.54, 1.807) is 18.2 Å². The number of carbonyl (C=O) groups excluding carboxylic acids is 1. The van der Waals surface area contributed by atoms with Crippen molar-refractivity contribution in [3.05, 3.63) is 87.1 Å². The zero-order chi connectivity index (χ0) is 20.7. The van der Waals surface area contributed by atoms with Crippen molar-refractivity contribution in [1.29, 1.82) is 0 Å². The molecule has 0 atom stereocenters. The molecule has 1 aliphatic rings. The Morgan fingerprint density at radius 3 is 2.97 bits per heavy atom. The SMILES string of the molecule is Cc1cc(CCc2c[nH]c3ccccc23)oc(=O)c1C(=O)N1CCc2nc[nH]c2C1. The predicted molar refractivity (Wildman–Crippen MR) is 112 cm³/mol. The van der Waals surface area contributed by atoms with Gasteiger partial charge in [-0.15, -0.1) is 0 Å². The highest BCUT2D eigenvalue weighted by molar-refractivity contribution is 5.95. The van der Waals surface area contributed by atoms with Gasteiger partial charge in [0.05, 0.1) is 24.3 Å². The summed E-state index contributed by atoms with van der Waals surface area (Å²) in [5.74, 6) is 0.304. The number of hydrogen-bond donors (Lipinski definition) is 2. The summed E-state index contributed by atoms with van der Waals surface area (Å²) in [6.07, 6.45) is 5.65. The van der Waals surface area contributed by atoms with E-state index in [1.165, 1.54) is 10.9 Å². The van der Waals surface area contributed by atoms with Crippen LogP contribution in [0.1, 0.15) is 38.6 Å². The van der Waals surface area contributed by atoms with E-state index in [9.17, 15) is 9.59 Å². The zero-order valence-electron chi connectivity index (χ0n) is 16.7. The van der Waals surface area contributed by atoms with Gasteiger partial charge in [-0.25, -0.2) is 9.78 Å². The molecule has 0 spiro atoms. The Balaban J connectivity index is 1.35. The minimum absolute atomic E-state index is 0.119. The van der Waals surface area contributed by atoms with Crippen molar-refractivity contribution in [3.8, 4) is 0 Å². The van der Waals surface area contributed by atoms with Crippen LogP contribution in [0.15, 0.2) is 52.1 Å². The van der Waals surface area contributed by atoms with Crippen molar-refractivity contribution >= 4 is 16.8 Å². The molecule has 1 aliphatic heterocycles. The molecule has 1 amide bonds. The summed E-state index contributed by atoms with van der Waals surface area (Å²) in [5.41, 5.74) is 4.38. The molecule has 2 N–H and O–H groups in total. The second-order valence-electron chi connectivity index (χ2n) is 7.72. The van der Waals surface area contributed by atoms with Gasteiger partial charge >= 0.3 is 5.63 Å². The van der Waals surface area contributed by atoms with Crippen molar-refractivity contribution in [2.45, 2.75) is 32.7 Å². The molecule has 3 aromatic heterocycles. The van der Waals surface area contributed by atoms with Crippen LogP contribution in [0.5, 0.6) is 0 Å². The summed E-state index contributed by atoms with van der Waals surface area (Å²) < 4.78 is 5.53. The molecular formula is C23H22N4O3. The number of amides is 1. The first-order valence-electron chi connectivity index (χ1n) is 10.1. The van der Waals surface area contributed by atoms with Crippen molar-refractivity contribution < 1.29 is 9.21 Å². The van der Waals surface area contributed by atoms with E-state index in [-0.39, 0.29) is 11.5 Å². The molecule has 0 saturated carbocycles. The van der Waals surface area contributed by atoms with E-state index >= 15 is 0 Å². The van der Waals surface area contributed by atoms with Gasteiger partial charge in [0.1, 0.15) is 11.3 Å². The molecule has 1 aromatic carbocycles. The average molecular weight is 402 g/mol. The molecule has 0 radical (unpaired) electrons. The fourth-order valence-corrected chi connectivity index (χ4v) is 4.19. The van der Waals surface area contributed by atoms with Gasteiger partial charge in [0, 0.05) is 36.5 Å². The molecule has 7 heteroatoms. The number of aryl methyl sites for hydroxylation is 3. The number of nitrogens with zero attached hydrogens (tertiary/aromatic N) is 2. The maximum atomic E-state index is 13.0. The Labute approximate surface area is 172 Å². The molecule has 152 valence electrons.